The van der Waals surface area contributed by atoms with Gasteiger partial charge in [-0.1, -0.05) is 136 Å². The molecule has 0 fully saturated rings. The maximum absolute atomic E-state index is 5.30. The lowest BCUT2D eigenvalue weighted by Crippen LogP contribution is -2.26. The van der Waals surface area contributed by atoms with E-state index in [1.807, 2.05) is 23.5 Å². The molecule has 9 aromatic rings. The molecule has 0 amide bonds. The first-order valence-corrected chi connectivity index (χ1v) is 18.1. The summed E-state index contributed by atoms with van der Waals surface area (Å²) in [4.78, 5) is 11.6. The molecule has 3 aromatic heterocycles. The van der Waals surface area contributed by atoms with E-state index in [2.05, 4.69) is 159 Å². The molecular weight excluding hydrogens is 639 g/mol. The van der Waals surface area contributed by atoms with Crippen molar-refractivity contribution in [1.29, 1.82) is 0 Å². The summed E-state index contributed by atoms with van der Waals surface area (Å²) in [6.07, 6.45) is 3.67. The fraction of sp³-hybridized carbons (Fsp3) is 0.0638. The number of rotatable bonds is 5. The van der Waals surface area contributed by atoms with Gasteiger partial charge in [0.1, 0.15) is 4.83 Å². The highest BCUT2D eigenvalue weighted by Gasteiger charge is 2.36. The van der Waals surface area contributed by atoms with Crippen molar-refractivity contribution in [2.45, 2.75) is 19.3 Å². The van der Waals surface area contributed by atoms with Crippen LogP contribution in [0, 0.1) is 0 Å². The van der Waals surface area contributed by atoms with Gasteiger partial charge in [0, 0.05) is 43.0 Å². The Morgan fingerprint density at radius 2 is 1.39 bits per heavy atom. The van der Waals surface area contributed by atoms with Crippen molar-refractivity contribution in [1.82, 2.24) is 14.5 Å². The van der Waals surface area contributed by atoms with Crippen LogP contribution >= 0.6 is 11.3 Å². The van der Waals surface area contributed by atoms with Crippen LogP contribution in [0.1, 0.15) is 36.2 Å². The summed E-state index contributed by atoms with van der Waals surface area (Å²) < 4.78 is 3.81. The van der Waals surface area contributed by atoms with Crippen LogP contribution in [0.2, 0.25) is 0 Å². The highest BCUT2D eigenvalue weighted by atomic mass is 32.1. The Kier molecular flexibility index (Phi) is 6.39. The summed E-state index contributed by atoms with van der Waals surface area (Å²) in [6, 6.07) is 46.0. The number of thiophene rings is 1. The van der Waals surface area contributed by atoms with E-state index in [-0.39, 0.29) is 5.41 Å². The lowest BCUT2D eigenvalue weighted by molar-refractivity contribution is 0.630. The van der Waals surface area contributed by atoms with Crippen molar-refractivity contribution in [3.63, 3.8) is 0 Å². The molecule has 0 atom stereocenters. The van der Waals surface area contributed by atoms with Crippen molar-refractivity contribution in [3.8, 4) is 39.5 Å². The molecule has 3 nitrogen and oxygen atoms in total. The summed E-state index contributed by atoms with van der Waals surface area (Å²) in [6.45, 7) is 13.0. The third kappa shape index (κ3) is 4.24. The maximum Gasteiger partial charge on any atom is 0.160 e. The summed E-state index contributed by atoms with van der Waals surface area (Å²) >= 11 is 1.87. The van der Waals surface area contributed by atoms with Crippen molar-refractivity contribution >= 4 is 65.5 Å². The standard InChI is InChI=1S/C47H33N3S/c1-5-32-39(6-2)48-45(31-17-11-16-29(26-31)34-20-12-15-28-14-7-8-18-33(28)34)49-43(32)30-24-25-40-38(27-30)47(3,4)37-22-13-21-36-42-35-19-9-10-23-41(35)51-46(42)50(40)44(36)37/h5-27H,1-2H2,3-4H3. The maximum atomic E-state index is 5.30. The predicted octanol–water partition coefficient (Wildman–Crippen LogP) is 12.9. The largest absolute Gasteiger partial charge is 0.300 e. The topological polar surface area (TPSA) is 30.7 Å². The van der Waals surface area contributed by atoms with E-state index in [1.54, 1.807) is 0 Å². The lowest BCUT2D eigenvalue weighted by Gasteiger charge is -2.35. The molecule has 51 heavy (non-hydrogen) atoms. The van der Waals surface area contributed by atoms with Crippen LogP contribution in [0.4, 0.5) is 0 Å². The van der Waals surface area contributed by atoms with Crippen LogP contribution in [-0.4, -0.2) is 14.5 Å². The molecule has 4 heteroatoms. The van der Waals surface area contributed by atoms with Crippen LogP contribution in [0.25, 0.3) is 93.6 Å². The lowest BCUT2D eigenvalue weighted by atomic mass is 9.74. The Balaban J connectivity index is 1.17. The van der Waals surface area contributed by atoms with Gasteiger partial charge in [0.05, 0.1) is 22.6 Å². The Labute approximate surface area is 300 Å². The highest BCUT2D eigenvalue weighted by molar-refractivity contribution is 7.25. The summed E-state index contributed by atoms with van der Waals surface area (Å²) in [5, 5.41) is 6.42. The first-order valence-electron chi connectivity index (χ1n) is 17.3. The zero-order chi connectivity index (χ0) is 34.4. The number of fused-ring (bicyclic) bond motifs is 8. The van der Waals surface area contributed by atoms with Crippen LogP contribution in [0.3, 0.4) is 0 Å². The van der Waals surface area contributed by atoms with E-state index < -0.39 is 0 Å². The van der Waals surface area contributed by atoms with Gasteiger partial charge < -0.3 is 4.57 Å². The molecule has 1 aliphatic heterocycles. The number of hydrogen-bond donors (Lipinski definition) is 0. The molecule has 0 N–H and O–H groups in total. The minimum atomic E-state index is -0.241. The van der Waals surface area contributed by atoms with E-state index in [1.165, 1.54) is 64.4 Å². The molecule has 4 heterocycles. The second-order valence-corrected chi connectivity index (χ2v) is 14.9. The number of aromatic nitrogens is 3. The number of nitrogens with zero attached hydrogens (tertiary/aromatic N) is 3. The fourth-order valence-corrected chi connectivity index (χ4v) is 9.53. The molecule has 0 saturated carbocycles. The van der Waals surface area contributed by atoms with E-state index in [4.69, 9.17) is 9.97 Å². The summed E-state index contributed by atoms with van der Waals surface area (Å²) in [5.74, 6) is 0.661. The first-order chi connectivity index (χ1) is 25.0. The highest BCUT2D eigenvalue weighted by Crippen LogP contribution is 2.51. The predicted molar refractivity (Wildman–Crippen MR) is 218 cm³/mol. The van der Waals surface area contributed by atoms with Crippen LogP contribution < -0.4 is 0 Å². The van der Waals surface area contributed by atoms with Crippen molar-refractivity contribution in [2.75, 3.05) is 0 Å². The van der Waals surface area contributed by atoms with Crippen molar-refractivity contribution < 1.29 is 0 Å². The molecule has 242 valence electrons. The third-order valence-electron chi connectivity index (χ3n) is 10.8. The van der Waals surface area contributed by atoms with Crippen LogP contribution in [0.15, 0.2) is 141 Å². The fourth-order valence-electron chi connectivity index (χ4n) is 8.29. The van der Waals surface area contributed by atoms with E-state index in [0.717, 1.165) is 33.6 Å². The molecule has 0 spiro atoms. The molecule has 10 rings (SSSR count). The Morgan fingerprint density at radius 1 is 0.647 bits per heavy atom. The minimum Gasteiger partial charge on any atom is -0.300 e. The molecule has 0 bridgehead atoms. The average molecular weight is 672 g/mol. The smallest absolute Gasteiger partial charge is 0.160 e. The van der Waals surface area contributed by atoms with Gasteiger partial charge in [0.25, 0.3) is 0 Å². The molecule has 0 radical (unpaired) electrons. The average Bonchev–Trinajstić information content (AvgIpc) is 3.71. The van der Waals surface area contributed by atoms with Crippen molar-refractivity contribution in [3.05, 3.63) is 163 Å². The third-order valence-corrected chi connectivity index (χ3v) is 11.9. The second-order valence-electron chi connectivity index (χ2n) is 13.9. The quantitative estimate of drug-likeness (QED) is 0.182. The molecule has 0 unspecified atom stereocenters. The number of para-hydroxylation sites is 1. The summed E-state index contributed by atoms with van der Waals surface area (Å²) in [5.41, 5.74) is 11.7. The van der Waals surface area contributed by atoms with Gasteiger partial charge in [0.2, 0.25) is 0 Å². The van der Waals surface area contributed by atoms with E-state index >= 15 is 0 Å². The van der Waals surface area contributed by atoms with E-state index in [9.17, 15) is 0 Å². The molecule has 0 aliphatic carbocycles. The van der Waals surface area contributed by atoms with Crippen molar-refractivity contribution in [2.24, 2.45) is 0 Å². The Hall–Kier alpha value is -6.10. The zero-order valence-electron chi connectivity index (χ0n) is 28.4. The van der Waals surface area contributed by atoms with Gasteiger partial charge in [-0.3, -0.25) is 0 Å². The normalized spacial score (nSPS) is 13.2. The van der Waals surface area contributed by atoms with Crippen LogP contribution in [-0.2, 0) is 5.41 Å². The monoisotopic (exact) mass is 671 g/mol. The van der Waals surface area contributed by atoms with Gasteiger partial charge in [-0.2, -0.15) is 0 Å². The van der Waals surface area contributed by atoms with Gasteiger partial charge in [-0.25, -0.2) is 9.97 Å². The molecular formula is C47H33N3S. The number of hydrogen-bond acceptors (Lipinski definition) is 3. The first kappa shape index (κ1) is 29.8. The second kappa shape index (κ2) is 10.9. The minimum absolute atomic E-state index is 0.241. The molecule has 0 saturated heterocycles. The Bertz CT molecular complexity index is 2930. The van der Waals surface area contributed by atoms with Gasteiger partial charge in [0.15, 0.2) is 5.82 Å². The van der Waals surface area contributed by atoms with Gasteiger partial charge >= 0.3 is 0 Å². The van der Waals surface area contributed by atoms with Crippen LogP contribution in [0.5, 0.6) is 0 Å². The van der Waals surface area contributed by atoms with E-state index in [0.29, 0.717) is 5.82 Å². The Morgan fingerprint density at radius 3 is 2.25 bits per heavy atom. The molecule has 1 aliphatic rings. The van der Waals surface area contributed by atoms with Gasteiger partial charge in [-0.15, -0.1) is 11.3 Å². The van der Waals surface area contributed by atoms with Gasteiger partial charge in [-0.05, 0) is 63.4 Å². The molecule has 6 aromatic carbocycles. The zero-order valence-corrected chi connectivity index (χ0v) is 29.3. The SMILES string of the molecule is C=Cc1nc(-c2cccc(-c3cccc4ccccc34)c2)nc(-c2ccc3c(c2)C(C)(C)c2cccc4c5c6ccccc6sc5n-3c24)c1C=C. The number of benzene rings is 6. The summed E-state index contributed by atoms with van der Waals surface area (Å²) in [7, 11) is 0.